The quantitative estimate of drug-likeness (QED) is 0.812. The third-order valence-electron chi connectivity index (χ3n) is 2.61. The molecule has 0 bridgehead atoms. The third-order valence-corrected chi connectivity index (χ3v) is 4.91. The SMILES string of the molecule is CNC(Cc1cccc(Br)c1)c1cc(Br)cs1. The minimum Gasteiger partial charge on any atom is -0.312 e. The maximum absolute atomic E-state index is 3.51. The van der Waals surface area contributed by atoms with Gasteiger partial charge in [0, 0.05) is 25.2 Å². The van der Waals surface area contributed by atoms with Crippen molar-refractivity contribution in [3.8, 4) is 0 Å². The Morgan fingerprint density at radius 1 is 1.24 bits per heavy atom. The highest BCUT2D eigenvalue weighted by atomic mass is 79.9. The van der Waals surface area contributed by atoms with Gasteiger partial charge in [0.25, 0.3) is 0 Å². The minimum atomic E-state index is 0.376. The molecule has 17 heavy (non-hydrogen) atoms. The van der Waals surface area contributed by atoms with Crippen LogP contribution in [0.25, 0.3) is 0 Å². The molecule has 1 nitrogen and oxygen atoms in total. The molecule has 2 rings (SSSR count). The lowest BCUT2D eigenvalue weighted by Gasteiger charge is -2.14. The zero-order valence-electron chi connectivity index (χ0n) is 9.41. The summed E-state index contributed by atoms with van der Waals surface area (Å²) in [6.45, 7) is 0. The van der Waals surface area contributed by atoms with Crippen LogP contribution < -0.4 is 5.32 Å². The van der Waals surface area contributed by atoms with E-state index in [0.29, 0.717) is 6.04 Å². The molecule has 0 saturated heterocycles. The molecular formula is C13H13Br2NS. The second-order valence-corrected chi connectivity index (χ2v) is 6.62. The average molecular weight is 375 g/mol. The highest BCUT2D eigenvalue weighted by Crippen LogP contribution is 2.28. The van der Waals surface area contributed by atoms with Gasteiger partial charge in [0.15, 0.2) is 0 Å². The summed E-state index contributed by atoms with van der Waals surface area (Å²) in [5.41, 5.74) is 1.34. The van der Waals surface area contributed by atoms with E-state index in [1.807, 2.05) is 7.05 Å². The molecule has 1 unspecified atom stereocenters. The molecule has 1 N–H and O–H groups in total. The first kappa shape index (κ1) is 13.3. The van der Waals surface area contributed by atoms with E-state index in [4.69, 9.17) is 0 Å². The van der Waals surface area contributed by atoms with E-state index in [1.165, 1.54) is 10.4 Å². The number of thiophene rings is 1. The molecular weight excluding hydrogens is 362 g/mol. The Labute approximate surface area is 123 Å². The van der Waals surface area contributed by atoms with E-state index in [0.717, 1.165) is 15.4 Å². The predicted octanol–water partition coefficient (Wildman–Crippen LogP) is 4.78. The zero-order valence-corrected chi connectivity index (χ0v) is 13.4. The molecule has 0 aliphatic carbocycles. The number of likely N-dealkylation sites (N-methyl/N-ethyl adjacent to an activating group) is 1. The van der Waals surface area contributed by atoms with E-state index < -0.39 is 0 Å². The Morgan fingerprint density at radius 3 is 2.65 bits per heavy atom. The third kappa shape index (κ3) is 3.65. The molecule has 0 amide bonds. The molecule has 4 heteroatoms. The normalized spacial score (nSPS) is 12.6. The molecule has 0 aliphatic rings. The van der Waals surface area contributed by atoms with Gasteiger partial charge >= 0.3 is 0 Å². The van der Waals surface area contributed by atoms with Crippen molar-refractivity contribution in [1.82, 2.24) is 5.32 Å². The first-order chi connectivity index (χ1) is 8.19. The highest BCUT2D eigenvalue weighted by molar-refractivity contribution is 9.10. The Morgan fingerprint density at radius 2 is 2.06 bits per heavy atom. The second-order valence-electron chi connectivity index (χ2n) is 3.84. The van der Waals surface area contributed by atoms with E-state index in [-0.39, 0.29) is 0 Å². The van der Waals surface area contributed by atoms with Crippen molar-refractivity contribution in [2.45, 2.75) is 12.5 Å². The number of benzene rings is 1. The lowest BCUT2D eigenvalue weighted by atomic mass is 10.1. The fourth-order valence-corrected chi connectivity index (χ4v) is 3.76. The van der Waals surface area contributed by atoms with Gasteiger partial charge in [-0.15, -0.1) is 11.3 Å². The summed E-state index contributed by atoms with van der Waals surface area (Å²) in [5.74, 6) is 0. The number of rotatable bonds is 4. The molecule has 0 fully saturated rings. The van der Waals surface area contributed by atoms with Gasteiger partial charge in [-0.1, -0.05) is 28.1 Å². The first-order valence-electron chi connectivity index (χ1n) is 5.34. The molecule has 0 saturated carbocycles. The summed E-state index contributed by atoms with van der Waals surface area (Å²) in [6.07, 6.45) is 1.00. The largest absolute Gasteiger partial charge is 0.312 e. The van der Waals surface area contributed by atoms with Crippen LogP contribution >= 0.6 is 43.2 Å². The van der Waals surface area contributed by atoms with Crippen LogP contribution in [0.1, 0.15) is 16.5 Å². The summed E-state index contributed by atoms with van der Waals surface area (Å²) in [7, 11) is 2.01. The Balaban J connectivity index is 2.15. The molecule has 1 heterocycles. The fourth-order valence-electron chi connectivity index (χ4n) is 1.76. The Hall–Kier alpha value is -0.160. The van der Waals surface area contributed by atoms with Gasteiger partial charge in [-0.25, -0.2) is 0 Å². The van der Waals surface area contributed by atoms with Crippen LogP contribution in [-0.4, -0.2) is 7.05 Å². The molecule has 2 aromatic rings. The van der Waals surface area contributed by atoms with E-state index >= 15 is 0 Å². The van der Waals surface area contributed by atoms with Crippen LogP contribution in [-0.2, 0) is 6.42 Å². The maximum Gasteiger partial charge on any atom is 0.0453 e. The number of nitrogens with one attached hydrogen (secondary N) is 1. The van der Waals surface area contributed by atoms with Crippen molar-refractivity contribution in [1.29, 1.82) is 0 Å². The molecule has 90 valence electrons. The molecule has 0 spiro atoms. The molecule has 1 atom stereocenters. The number of halogens is 2. The summed E-state index contributed by atoms with van der Waals surface area (Å²) in [4.78, 5) is 1.36. The summed E-state index contributed by atoms with van der Waals surface area (Å²) in [5, 5.41) is 5.50. The molecule has 1 aromatic heterocycles. The van der Waals surface area contributed by atoms with Crippen LogP contribution in [0.5, 0.6) is 0 Å². The maximum atomic E-state index is 3.51. The van der Waals surface area contributed by atoms with Gasteiger partial charge in [-0.05, 0) is 53.2 Å². The van der Waals surface area contributed by atoms with Crippen molar-refractivity contribution < 1.29 is 0 Å². The van der Waals surface area contributed by atoms with Gasteiger partial charge in [-0.2, -0.15) is 0 Å². The molecule has 1 aromatic carbocycles. The van der Waals surface area contributed by atoms with Crippen molar-refractivity contribution in [2.75, 3.05) is 7.05 Å². The van der Waals surface area contributed by atoms with Gasteiger partial charge in [-0.3, -0.25) is 0 Å². The smallest absolute Gasteiger partial charge is 0.0453 e. The lowest BCUT2D eigenvalue weighted by molar-refractivity contribution is 0.602. The number of hydrogen-bond acceptors (Lipinski definition) is 2. The van der Waals surface area contributed by atoms with Crippen LogP contribution in [0.15, 0.2) is 44.7 Å². The second kappa shape index (κ2) is 6.14. The Bertz CT molecular complexity index is 496. The van der Waals surface area contributed by atoms with Crippen molar-refractivity contribution in [2.24, 2.45) is 0 Å². The summed E-state index contributed by atoms with van der Waals surface area (Å²) >= 11 is 8.80. The van der Waals surface area contributed by atoms with Gasteiger partial charge in [0.05, 0.1) is 0 Å². The zero-order chi connectivity index (χ0) is 12.3. The molecule has 0 radical (unpaired) electrons. The van der Waals surface area contributed by atoms with E-state index in [2.05, 4.69) is 72.9 Å². The lowest BCUT2D eigenvalue weighted by Crippen LogP contribution is -2.17. The average Bonchev–Trinajstić information content (AvgIpc) is 2.73. The van der Waals surface area contributed by atoms with E-state index in [1.54, 1.807) is 11.3 Å². The van der Waals surface area contributed by atoms with Crippen molar-refractivity contribution >= 4 is 43.2 Å². The number of hydrogen-bond donors (Lipinski definition) is 1. The summed E-state index contributed by atoms with van der Waals surface area (Å²) < 4.78 is 2.30. The van der Waals surface area contributed by atoms with Gasteiger partial charge in [0.2, 0.25) is 0 Å². The van der Waals surface area contributed by atoms with Crippen LogP contribution in [0, 0.1) is 0 Å². The standard InChI is InChI=1S/C13H13Br2NS/c1-16-12(13-7-11(15)8-17-13)6-9-3-2-4-10(14)5-9/h2-5,7-8,12,16H,6H2,1H3. The van der Waals surface area contributed by atoms with Crippen LogP contribution in [0.4, 0.5) is 0 Å². The topological polar surface area (TPSA) is 12.0 Å². The fraction of sp³-hybridized carbons (Fsp3) is 0.231. The van der Waals surface area contributed by atoms with Crippen molar-refractivity contribution in [3.05, 3.63) is 55.1 Å². The van der Waals surface area contributed by atoms with E-state index in [9.17, 15) is 0 Å². The minimum absolute atomic E-state index is 0.376. The monoisotopic (exact) mass is 373 g/mol. The van der Waals surface area contributed by atoms with Crippen LogP contribution in [0.3, 0.4) is 0 Å². The van der Waals surface area contributed by atoms with Gasteiger partial charge < -0.3 is 5.32 Å². The Kier molecular flexibility index (Phi) is 4.79. The highest BCUT2D eigenvalue weighted by Gasteiger charge is 2.12. The van der Waals surface area contributed by atoms with Gasteiger partial charge in [0.1, 0.15) is 0 Å². The summed E-state index contributed by atoms with van der Waals surface area (Å²) in [6, 6.07) is 11.0. The predicted molar refractivity (Wildman–Crippen MR) is 81.7 cm³/mol. The first-order valence-corrected chi connectivity index (χ1v) is 7.81. The van der Waals surface area contributed by atoms with Crippen LogP contribution in [0.2, 0.25) is 0 Å². The van der Waals surface area contributed by atoms with Crippen molar-refractivity contribution in [3.63, 3.8) is 0 Å². The molecule has 0 aliphatic heterocycles.